The highest BCUT2D eigenvalue weighted by molar-refractivity contribution is 7.81. The first-order valence-corrected chi connectivity index (χ1v) is 8.45. The smallest absolute Gasteiger partial charge is 0.128 e. The molecule has 0 saturated carbocycles. The van der Waals surface area contributed by atoms with E-state index in [9.17, 15) is 0 Å². The standard InChI is InChI=1S/C10H25NSSi/c1-7-9(12)11-13(6,8-2)10(3,4)5/h9,11-12H,7-8H2,1-6H3. The zero-order valence-corrected chi connectivity index (χ0v) is 11.8. The Labute approximate surface area is 90.2 Å². The summed E-state index contributed by atoms with van der Waals surface area (Å²) in [7, 11) is -1.34. The molecule has 0 aromatic carbocycles. The SMILES string of the molecule is CCC(S)N[Si](C)(CC)C(C)(C)C. The van der Waals surface area contributed by atoms with Crippen LogP contribution in [-0.4, -0.2) is 13.6 Å². The van der Waals surface area contributed by atoms with Gasteiger partial charge < -0.3 is 4.98 Å². The van der Waals surface area contributed by atoms with Gasteiger partial charge in [0.25, 0.3) is 0 Å². The number of nitrogens with one attached hydrogen (secondary N) is 1. The van der Waals surface area contributed by atoms with Crippen molar-refractivity contribution < 1.29 is 0 Å². The van der Waals surface area contributed by atoms with Crippen LogP contribution in [0.1, 0.15) is 41.0 Å². The van der Waals surface area contributed by atoms with E-state index in [1.807, 2.05) is 0 Å². The predicted octanol–water partition coefficient (Wildman–Crippen LogP) is 3.64. The van der Waals surface area contributed by atoms with Crippen LogP contribution in [-0.2, 0) is 0 Å². The summed E-state index contributed by atoms with van der Waals surface area (Å²) >= 11 is 4.53. The topological polar surface area (TPSA) is 12.0 Å². The Bertz CT molecular complexity index is 155. The number of hydrogen-bond donors (Lipinski definition) is 2. The van der Waals surface area contributed by atoms with Gasteiger partial charge in [0.2, 0.25) is 0 Å². The molecule has 0 aromatic heterocycles. The molecule has 13 heavy (non-hydrogen) atoms. The fraction of sp³-hybridized carbons (Fsp3) is 1.00. The van der Waals surface area contributed by atoms with Gasteiger partial charge in [-0.2, -0.15) is 12.6 Å². The number of hydrogen-bond acceptors (Lipinski definition) is 2. The van der Waals surface area contributed by atoms with Crippen LogP contribution in [0.2, 0.25) is 17.6 Å². The Morgan fingerprint density at radius 2 is 1.77 bits per heavy atom. The highest BCUT2D eigenvalue weighted by Gasteiger charge is 2.39. The van der Waals surface area contributed by atoms with E-state index in [4.69, 9.17) is 0 Å². The summed E-state index contributed by atoms with van der Waals surface area (Å²) in [6.07, 6.45) is 1.10. The van der Waals surface area contributed by atoms with E-state index in [1.54, 1.807) is 0 Å². The average molecular weight is 219 g/mol. The third kappa shape index (κ3) is 3.64. The van der Waals surface area contributed by atoms with Crippen molar-refractivity contribution in [3.8, 4) is 0 Å². The Hall–Kier alpha value is 0.527. The summed E-state index contributed by atoms with van der Waals surface area (Å²) in [5, 5.41) is 0.786. The van der Waals surface area contributed by atoms with Gasteiger partial charge in [-0.25, -0.2) is 0 Å². The lowest BCUT2D eigenvalue weighted by molar-refractivity contribution is 0.657. The van der Waals surface area contributed by atoms with Gasteiger partial charge in [-0.05, 0) is 17.5 Å². The molecular weight excluding hydrogens is 194 g/mol. The number of rotatable bonds is 4. The molecular formula is C10H25NSSi. The normalized spacial score (nSPS) is 19.6. The maximum absolute atomic E-state index is 4.53. The summed E-state index contributed by atoms with van der Waals surface area (Å²) in [5.41, 5.74) is 0. The van der Waals surface area contributed by atoms with Crippen LogP contribution in [0.25, 0.3) is 0 Å². The van der Waals surface area contributed by atoms with E-state index in [0.29, 0.717) is 10.4 Å². The first kappa shape index (κ1) is 13.5. The summed E-state index contributed by atoms with van der Waals surface area (Å²) in [4.78, 5) is 3.74. The van der Waals surface area contributed by atoms with Crippen molar-refractivity contribution in [2.75, 3.05) is 0 Å². The molecule has 0 saturated heterocycles. The van der Waals surface area contributed by atoms with E-state index in [1.165, 1.54) is 6.04 Å². The molecule has 0 fully saturated rings. The van der Waals surface area contributed by atoms with Crippen molar-refractivity contribution >= 4 is 20.9 Å². The second kappa shape index (κ2) is 4.85. The first-order valence-electron chi connectivity index (χ1n) is 5.22. The molecule has 1 nitrogen and oxygen atoms in total. The summed E-state index contributed by atoms with van der Waals surface area (Å²) in [6, 6.07) is 1.27. The number of thiol groups is 1. The zero-order valence-electron chi connectivity index (χ0n) is 9.94. The van der Waals surface area contributed by atoms with Gasteiger partial charge in [0.1, 0.15) is 8.24 Å². The van der Waals surface area contributed by atoms with Crippen LogP contribution < -0.4 is 4.98 Å². The second-order valence-electron chi connectivity index (χ2n) is 5.00. The molecule has 2 unspecified atom stereocenters. The van der Waals surface area contributed by atoms with E-state index >= 15 is 0 Å². The van der Waals surface area contributed by atoms with Crippen molar-refractivity contribution in [1.82, 2.24) is 4.98 Å². The molecule has 0 bridgehead atoms. The average Bonchev–Trinajstić information content (AvgIpc) is 2.02. The van der Waals surface area contributed by atoms with Gasteiger partial charge in [0.15, 0.2) is 0 Å². The molecule has 0 aliphatic heterocycles. The minimum Gasteiger partial charge on any atom is -0.326 e. The Morgan fingerprint density at radius 3 is 2.00 bits per heavy atom. The van der Waals surface area contributed by atoms with E-state index in [0.717, 1.165) is 6.42 Å². The molecule has 0 spiro atoms. The van der Waals surface area contributed by atoms with Gasteiger partial charge in [-0.15, -0.1) is 0 Å². The maximum Gasteiger partial charge on any atom is 0.128 e. The minimum atomic E-state index is -1.34. The Morgan fingerprint density at radius 1 is 1.31 bits per heavy atom. The highest BCUT2D eigenvalue weighted by atomic mass is 32.1. The van der Waals surface area contributed by atoms with Crippen LogP contribution in [0.5, 0.6) is 0 Å². The largest absolute Gasteiger partial charge is 0.326 e. The molecule has 2 atom stereocenters. The minimum absolute atomic E-state index is 0.371. The summed E-state index contributed by atoms with van der Waals surface area (Å²) in [6.45, 7) is 13.9. The van der Waals surface area contributed by atoms with Gasteiger partial charge in [-0.1, -0.05) is 41.2 Å². The quantitative estimate of drug-likeness (QED) is 0.418. The van der Waals surface area contributed by atoms with Crippen molar-refractivity contribution in [3.63, 3.8) is 0 Å². The second-order valence-corrected chi connectivity index (χ2v) is 10.8. The van der Waals surface area contributed by atoms with Crippen LogP contribution >= 0.6 is 12.6 Å². The van der Waals surface area contributed by atoms with Crippen LogP contribution in [0.4, 0.5) is 0 Å². The van der Waals surface area contributed by atoms with E-state index in [-0.39, 0.29) is 0 Å². The first-order chi connectivity index (χ1) is 5.77. The molecule has 0 radical (unpaired) electrons. The fourth-order valence-electron chi connectivity index (χ4n) is 1.32. The fourth-order valence-corrected chi connectivity index (χ4v) is 4.81. The molecule has 0 aliphatic rings. The third-order valence-corrected chi connectivity index (χ3v) is 9.68. The lowest BCUT2D eigenvalue weighted by Crippen LogP contribution is -2.56. The summed E-state index contributed by atoms with van der Waals surface area (Å²) < 4.78 is 0. The molecule has 0 aromatic rings. The summed E-state index contributed by atoms with van der Waals surface area (Å²) in [5.74, 6) is 0. The molecule has 0 amide bonds. The predicted molar refractivity (Wildman–Crippen MR) is 68.0 cm³/mol. The van der Waals surface area contributed by atoms with Crippen molar-refractivity contribution in [2.45, 2.75) is 64.0 Å². The van der Waals surface area contributed by atoms with Gasteiger partial charge in [0.05, 0.1) is 0 Å². The van der Waals surface area contributed by atoms with Crippen molar-refractivity contribution in [1.29, 1.82) is 0 Å². The van der Waals surface area contributed by atoms with Crippen molar-refractivity contribution in [2.24, 2.45) is 0 Å². The van der Waals surface area contributed by atoms with Gasteiger partial charge in [-0.3, -0.25) is 0 Å². The van der Waals surface area contributed by atoms with Crippen LogP contribution in [0, 0.1) is 0 Å². The van der Waals surface area contributed by atoms with Crippen LogP contribution in [0.15, 0.2) is 0 Å². The van der Waals surface area contributed by atoms with Gasteiger partial charge >= 0.3 is 0 Å². The Balaban J connectivity index is 4.46. The van der Waals surface area contributed by atoms with Crippen LogP contribution in [0.3, 0.4) is 0 Å². The van der Waals surface area contributed by atoms with E-state index in [2.05, 4.69) is 58.8 Å². The lowest BCUT2D eigenvalue weighted by atomic mass is 10.2. The zero-order chi connectivity index (χ0) is 10.7. The molecule has 80 valence electrons. The maximum atomic E-state index is 4.53. The molecule has 0 rings (SSSR count). The molecule has 3 heteroatoms. The molecule has 1 N–H and O–H groups in total. The monoisotopic (exact) mass is 219 g/mol. The Kier molecular flexibility index (Phi) is 5.05. The van der Waals surface area contributed by atoms with E-state index < -0.39 is 8.24 Å². The van der Waals surface area contributed by atoms with Gasteiger partial charge in [0, 0.05) is 5.37 Å². The molecule has 0 aliphatic carbocycles. The van der Waals surface area contributed by atoms with Crippen molar-refractivity contribution in [3.05, 3.63) is 0 Å². The highest BCUT2D eigenvalue weighted by Crippen LogP contribution is 2.37. The lowest BCUT2D eigenvalue weighted by Gasteiger charge is -2.41. The third-order valence-electron chi connectivity index (χ3n) is 3.23. The molecule has 0 heterocycles.